The van der Waals surface area contributed by atoms with Crippen LogP contribution in [0.3, 0.4) is 0 Å². The molecule has 2 aliphatic rings. The van der Waals surface area contributed by atoms with Crippen molar-refractivity contribution in [2.75, 3.05) is 13.1 Å². The van der Waals surface area contributed by atoms with Crippen molar-refractivity contribution in [2.45, 2.75) is 0 Å². The van der Waals surface area contributed by atoms with E-state index in [1.165, 1.54) is 0 Å². The molecule has 6 nitrogen and oxygen atoms in total. The number of carbonyl (C=O) groups is 1. The van der Waals surface area contributed by atoms with Gasteiger partial charge in [0, 0.05) is 17.7 Å². The number of rotatable bonds is 1. The van der Waals surface area contributed by atoms with Crippen molar-refractivity contribution in [3.05, 3.63) is 65.2 Å². The van der Waals surface area contributed by atoms with Gasteiger partial charge in [0.15, 0.2) is 0 Å². The van der Waals surface area contributed by atoms with Crippen LogP contribution in [0.4, 0.5) is 5.69 Å². The van der Waals surface area contributed by atoms with Crippen molar-refractivity contribution < 1.29 is 4.79 Å². The molecule has 0 saturated heterocycles. The predicted octanol–water partition coefficient (Wildman–Crippen LogP) is 2.05. The second-order valence-electron chi connectivity index (χ2n) is 5.45. The van der Waals surface area contributed by atoms with Gasteiger partial charge in [0.2, 0.25) is 5.96 Å². The first-order valence-corrected chi connectivity index (χ1v) is 7.58. The zero-order valence-electron chi connectivity index (χ0n) is 12.7. The quantitative estimate of drug-likeness (QED) is 0.874. The molecule has 0 spiro atoms. The molecule has 0 bridgehead atoms. The number of hydrogen-bond acceptors (Lipinski definition) is 5. The molecule has 2 aliphatic heterocycles. The summed E-state index contributed by atoms with van der Waals surface area (Å²) < 4.78 is 0. The van der Waals surface area contributed by atoms with Crippen LogP contribution in [0.2, 0.25) is 0 Å². The monoisotopic (exact) mass is 315 g/mol. The minimum absolute atomic E-state index is 0.260. The van der Waals surface area contributed by atoms with Gasteiger partial charge in [-0.15, -0.1) is 0 Å². The lowest BCUT2D eigenvalue weighted by atomic mass is 10.1. The van der Waals surface area contributed by atoms with E-state index in [-0.39, 0.29) is 5.91 Å². The maximum atomic E-state index is 12.5. The Morgan fingerprint density at radius 1 is 1.17 bits per heavy atom. The zero-order chi connectivity index (χ0) is 16.5. The number of amidine groups is 1. The van der Waals surface area contributed by atoms with Crippen LogP contribution in [0.25, 0.3) is 0 Å². The fourth-order valence-corrected chi connectivity index (χ4v) is 2.78. The second kappa shape index (κ2) is 5.63. The zero-order valence-corrected chi connectivity index (χ0v) is 12.7. The Morgan fingerprint density at radius 3 is 2.75 bits per heavy atom. The summed E-state index contributed by atoms with van der Waals surface area (Å²) in [5.74, 6) is 1.07. The number of hydrogen-bond donors (Lipinski definition) is 1. The Hall–Kier alpha value is -3.46. The summed E-state index contributed by atoms with van der Waals surface area (Å²) in [6, 6.07) is 16.3. The highest BCUT2D eigenvalue weighted by molar-refractivity contribution is 6.19. The average Bonchev–Trinajstić information content (AvgIpc) is 3.12. The highest BCUT2D eigenvalue weighted by atomic mass is 16.1. The van der Waals surface area contributed by atoms with Gasteiger partial charge in [0.05, 0.1) is 23.9 Å². The Bertz CT molecular complexity index is 921. The van der Waals surface area contributed by atoms with E-state index in [9.17, 15) is 4.79 Å². The molecule has 0 aromatic heterocycles. The molecular weight excluding hydrogens is 302 g/mol. The second-order valence-corrected chi connectivity index (χ2v) is 5.45. The van der Waals surface area contributed by atoms with E-state index in [0.29, 0.717) is 30.2 Å². The summed E-state index contributed by atoms with van der Waals surface area (Å²) >= 11 is 0. The maximum Gasteiger partial charge on any atom is 0.257 e. The van der Waals surface area contributed by atoms with Crippen LogP contribution < -0.4 is 5.32 Å². The van der Waals surface area contributed by atoms with Crippen LogP contribution in [0.5, 0.6) is 0 Å². The van der Waals surface area contributed by atoms with Crippen molar-refractivity contribution in [3.8, 4) is 6.07 Å². The highest BCUT2D eigenvalue weighted by Gasteiger charge is 2.30. The lowest BCUT2D eigenvalue weighted by Crippen LogP contribution is -2.47. The molecule has 1 amide bonds. The molecule has 0 radical (unpaired) electrons. The van der Waals surface area contributed by atoms with Crippen molar-refractivity contribution in [1.82, 2.24) is 10.2 Å². The summed E-state index contributed by atoms with van der Waals surface area (Å²) in [5, 5.41) is 11.7. The number of para-hydroxylation sites is 1. The largest absolute Gasteiger partial charge is 0.294 e. The van der Waals surface area contributed by atoms with Crippen LogP contribution >= 0.6 is 0 Å². The Morgan fingerprint density at radius 2 is 1.96 bits per heavy atom. The van der Waals surface area contributed by atoms with Crippen LogP contribution in [0.15, 0.2) is 58.5 Å². The van der Waals surface area contributed by atoms with Gasteiger partial charge in [-0.2, -0.15) is 5.26 Å². The number of aliphatic imine (C=N–C) groups is 2. The van der Waals surface area contributed by atoms with Gasteiger partial charge < -0.3 is 0 Å². The van der Waals surface area contributed by atoms with Gasteiger partial charge >= 0.3 is 0 Å². The number of nitrogens with zero attached hydrogens (tertiary/aromatic N) is 4. The molecule has 2 aromatic carbocycles. The van der Waals surface area contributed by atoms with E-state index >= 15 is 0 Å². The molecular formula is C18H13N5O. The third kappa shape index (κ3) is 2.32. The average molecular weight is 315 g/mol. The minimum atomic E-state index is -0.260. The molecule has 1 N–H and O–H groups in total. The third-order valence-electron chi connectivity index (χ3n) is 3.97. The lowest BCUT2D eigenvalue weighted by molar-refractivity contribution is 0.0974. The summed E-state index contributed by atoms with van der Waals surface area (Å²) in [7, 11) is 0. The van der Waals surface area contributed by atoms with Gasteiger partial charge in [0.1, 0.15) is 5.84 Å². The van der Waals surface area contributed by atoms with E-state index < -0.39 is 0 Å². The molecule has 0 aliphatic carbocycles. The van der Waals surface area contributed by atoms with Crippen LogP contribution in [-0.4, -0.2) is 35.7 Å². The van der Waals surface area contributed by atoms with Crippen molar-refractivity contribution in [1.29, 1.82) is 5.26 Å². The summed E-state index contributed by atoms with van der Waals surface area (Å²) in [6.07, 6.45) is 0. The molecule has 4 rings (SSSR count). The van der Waals surface area contributed by atoms with Crippen LogP contribution in [-0.2, 0) is 0 Å². The first kappa shape index (κ1) is 14.2. The number of nitriles is 1. The third-order valence-corrected chi connectivity index (χ3v) is 3.97. The van der Waals surface area contributed by atoms with Crippen molar-refractivity contribution >= 4 is 23.4 Å². The van der Waals surface area contributed by atoms with Gasteiger partial charge in [-0.25, -0.2) is 4.99 Å². The number of fused-ring (bicyclic) bond motifs is 3. The normalized spacial score (nSPS) is 14.9. The number of amides is 1. The van der Waals surface area contributed by atoms with Crippen LogP contribution in [0.1, 0.15) is 21.5 Å². The maximum absolute atomic E-state index is 12.5. The van der Waals surface area contributed by atoms with E-state index in [0.717, 1.165) is 17.1 Å². The Labute approximate surface area is 138 Å². The first-order chi connectivity index (χ1) is 11.8. The fraction of sp³-hybridized carbons (Fsp3) is 0.111. The topological polar surface area (TPSA) is 80.8 Å². The number of benzene rings is 2. The summed E-state index contributed by atoms with van der Waals surface area (Å²) in [6.45, 7) is 1.37. The molecule has 0 fully saturated rings. The van der Waals surface area contributed by atoms with Crippen molar-refractivity contribution in [2.24, 2.45) is 9.98 Å². The van der Waals surface area contributed by atoms with E-state index in [4.69, 9.17) is 5.26 Å². The predicted molar refractivity (Wildman–Crippen MR) is 90.3 cm³/mol. The summed E-state index contributed by atoms with van der Waals surface area (Å²) in [5.41, 5.74) is 2.77. The molecule has 2 heterocycles. The molecule has 6 heteroatoms. The van der Waals surface area contributed by atoms with Gasteiger partial charge in [-0.05, 0) is 36.4 Å². The highest BCUT2D eigenvalue weighted by Crippen LogP contribution is 2.27. The van der Waals surface area contributed by atoms with E-state index in [1.54, 1.807) is 24.3 Å². The van der Waals surface area contributed by atoms with Crippen molar-refractivity contribution in [3.63, 3.8) is 0 Å². The first-order valence-electron chi connectivity index (χ1n) is 7.58. The lowest BCUT2D eigenvalue weighted by Gasteiger charge is -2.27. The van der Waals surface area contributed by atoms with Gasteiger partial charge in [-0.3, -0.25) is 20.0 Å². The molecule has 0 saturated carbocycles. The summed E-state index contributed by atoms with van der Waals surface area (Å²) in [4.78, 5) is 23.5. The molecule has 116 valence electrons. The van der Waals surface area contributed by atoms with E-state index in [2.05, 4.69) is 15.3 Å². The fourth-order valence-electron chi connectivity index (χ4n) is 2.78. The molecule has 0 unspecified atom stereocenters. The van der Waals surface area contributed by atoms with Crippen LogP contribution in [0, 0.1) is 11.3 Å². The molecule has 2 aromatic rings. The smallest absolute Gasteiger partial charge is 0.257 e. The number of nitrogens with one attached hydrogen (secondary N) is 1. The van der Waals surface area contributed by atoms with E-state index in [1.807, 2.05) is 35.2 Å². The molecule has 24 heavy (non-hydrogen) atoms. The standard InChI is InChI=1S/C18H13N5O/c19-11-12-5-7-13(8-6-12)17(24)22-18-21-15-4-2-1-3-14(15)16-20-9-10-23(16)18/h1-8H,9-10H2,(H,21,22,24). The SMILES string of the molecule is N#Cc1ccc(C(=O)NC2=Nc3ccccc3C3=NCCN23)cc1. The number of carbonyl (C=O) groups excluding carboxylic acids is 1. The Balaban J connectivity index is 1.64. The van der Waals surface area contributed by atoms with Gasteiger partial charge in [-0.1, -0.05) is 12.1 Å². The number of guanidine groups is 1. The Kier molecular flexibility index (Phi) is 3.32. The van der Waals surface area contributed by atoms with Gasteiger partial charge in [0.25, 0.3) is 5.91 Å². The molecule has 0 atom stereocenters. The minimum Gasteiger partial charge on any atom is -0.294 e.